The number of hydrogen-bond acceptors (Lipinski definition) is 8. The third-order valence-electron chi connectivity index (χ3n) is 4.27. The number of Topliss-reactive ketones (excluding diaryl/α,β-unsaturated/α-hetero) is 1. The van der Waals surface area contributed by atoms with E-state index >= 15 is 0 Å². The van der Waals surface area contributed by atoms with E-state index in [1.54, 1.807) is 18.2 Å². The monoisotopic (exact) mass is 399 g/mol. The van der Waals surface area contributed by atoms with E-state index in [4.69, 9.17) is 23.7 Å². The van der Waals surface area contributed by atoms with Crippen LogP contribution < -0.4 is 28.8 Å². The maximum absolute atomic E-state index is 12.6. The fourth-order valence-electron chi connectivity index (χ4n) is 2.83. The van der Waals surface area contributed by atoms with Crippen molar-refractivity contribution in [1.82, 2.24) is 0 Å². The molecular weight excluding hydrogens is 380 g/mol. The number of aliphatic carboxylic acids is 1. The molecule has 8 nitrogen and oxygen atoms in total. The van der Waals surface area contributed by atoms with Gasteiger partial charge >= 0.3 is 0 Å². The summed E-state index contributed by atoms with van der Waals surface area (Å²) < 4.78 is 26.8. The molecule has 1 heterocycles. The van der Waals surface area contributed by atoms with Crippen LogP contribution in [0.5, 0.6) is 28.7 Å². The van der Waals surface area contributed by atoms with Gasteiger partial charge in [-0.05, 0) is 42.8 Å². The molecule has 0 aromatic heterocycles. The number of methoxy groups -OCH3 is 3. The van der Waals surface area contributed by atoms with Gasteiger partial charge in [-0.2, -0.15) is 0 Å². The predicted molar refractivity (Wildman–Crippen MR) is 101 cm³/mol. The minimum atomic E-state index is -1.34. The van der Waals surface area contributed by atoms with E-state index in [1.807, 2.05) is 0 Å². The summed E-state index contributed by atoms with van der Waals surface area (Å²) in [5, 5.41) is 10.8. The lowest BCUT2D eigenvalue weighted by Crippen LogP contribution is -2.37. The molecule has 0 bridgehead atoms. The standard InChI is InChI=1S/C21H20O8/c1-11(21(23)24)28-13-5-6-14-15(10-13)29-16(19(14)22)7-12-8-17(25-2)20(27-4)18(9-12)26-3/h5-11H,1-4H3,(H,23,24)/p-1/t11-/m0/s1. The molecule has 0 spiro atoms. The van der Waals surface area contributed by atoms with E-state index in [-0.39, 0.29) is 23.0 Å². The van der Waals surface area contributed by atoms with Gasteiger partial charge in [-0.3, -0.25) is 4.79 Å². The second kappa shape index (κ2) is 8.14. The minimum absolute atomic E-state index is 0.0966. The molecule has 1 aliphatic rings. The molecule has 1 atom stereocenters. The average Bonchev–Trinajstić information content (AvgIpc) is 3.01. The van der Waals surface area contributed by atoms with E-state index in [2.05, 4.69) is 0 Å². The Morgan fingerprint density at radius 2 is 1.72 bits per heavy atom. The van der Waals surface area contributed by atoms with Crippen molar-refractivity contribution in [2.45, 2.75) is 13.0 Å². The van der Waals surface area contributed by atoms with Crippen molar-refractivity contribution in [3.8, 4) is 28.7 Å². The SMILES string of the molecule is COc1cc(C=C2Oc3cc(O[C@@H](C)C(=O)[O-])ccc3C2=O)cc(OC)c1OC. The maximum atomic E-state index is 12.6. The summed E-state index contributed by atoms with van der Waals surface area (Å²) in [5.41, 5.74) is 0.954. The number of allylic oxidation sites excluding steroid dienone is 1. The lowest BCUT2D eigenvalue weighted by molar-refractivity contribution is -0.312. The number of ketones is 1. The first kappa shape index (κ1) is 20.1. The molecule has 0 aliphatic carbocycles. The largest absolute Gasteiger partial charge is 0.546 e. The molecule has 2 aromatic rings. The van der Waals surface area contributed by atoms with Crippen LogP contribution in [0.3, 0.4) is 0 Å². The fraction of sp³-hybridized carbons (Fsp3) is 0.238. The highest BCUT2D eigenvalue weighted by Gasteiger charge is 2.28. The third-order valence-corrected chi connectivity index (χ3v) is 4.27. The number of hydrogen-bond donors (Lipinski definition) is 0. The van der Waals surface area contributed by atoms with Crippen LogP contribution in [0.15, 0.2) is 36.1 Å². The molecule has 0 radical (unpaired) electrons. The van der Waals surface area contributed by atoms with Crippen LogP contribution >= 0.6 is 0 Å². The molecule has 3 rings (SSSR count). The molecule has 0 fully saturated rings. The van der Waals surface area contributed by atoms with Crippen LogP contribution in [-0.4, -0.2) is 39.2 Å². The Morgan fingerprint density at radius 1 is 1.07 bits per heavy atom. The Hall–Kier alpha value is -3.68. The lowest BCUT2D eigenvalue weighted by atomic mass is 10.1. The molecule has 0 amide bonds. The summed E-state index contributed by atoms with van der Waals surface area (Å²) in [6.45, 7) is 1.35. The Balaban J connectivity index is 1.91. The highest BCUT2D eigenvalue weighted by Crippen LogP contribution is 2.40. The normalized spacial score (nSPS) is 14.8. The molecule has 2 aromatic carbocycles. The molecule has 0 saturated carbocycles. The number of carboxylic acid groups (broad SMARTS) is 1. The first-order valence-corrected chi connectivity index (χ1v) is 8.63. The van der Waals surface area contributed by atoms with E-state index in [0.29, 0.717) is 28.4 Å². The van der Waals surface area contributed by atoms with Gasteiger partial charge in [0.2, 0.25) is 11.5 Å². The molecule has 29 heavy (non-hydrogen) atoms. The van der Waals surface area contributed by atoms with Crippen LogP contribution in [0.2, 0.25) is 0 Å². The van der Waals surface area contributed by atoms with Crippen molar-refractivity contribution in [3.05, 3.63) is 47.2 Å². The van der Waals surface area contributed by atoms with Crippen LogP contribution in [0.25, 0.3) is 6.08 Å². The zero-order valence-corrected chi connectivity index (χ0v) is 16.3. The number of carbonyl (C=O) groups excluding carboxylic acids is 2. The van der Waals surface area contributed by atoms with Crippen molar-refractivity contribution in [2.24, 2.45) is 0 Å². The second-order valence-electron chi connectivity index (χ2n) is 6.14. The molecule has 152 valence electrons. The van der Waals surface area contributed by atoms with Crippen molar-refractivity contribution in [3.63, 3.8) is 0 Å². The molecule has 8 heteroatoms. The van der Waals surface area contributed by atoms with Crippen molar-refractivity contribution >= 4 is 17.8 Å². The average molecular weight is 399 g/mol. The molecule has 1 aliphatic heterocycles. The van der Waals surface area contributed by atoms with Gasteiger partial charge in [-0.15, -0.1) is 0 Å². The van der Waals surface area contributed by atoms with E-state index < -0.39 is 12.1 Å². The van der Waals surface area contributed by atoms with Crippen LogP contribution in [-0.2, 0) is 4.79 Å². The maximum Gasteiger partial charge on any atom is 0.231 e. The van der Waals surface area contributed by atoms with E-state index in [0.717, 1.165) is 0 Å². The predicted octanol–water partition coefficient (Wildman–Crippen LogP) is 1.85. The van der Waals surface area contributed by atoms with Gasteiger partial charge in [-0.1, -0.05) is 0 Å². The number of fused-ring (bicyclic) bond motifs is 1. The number of carbonyl (C=O) groups is 2. The zero-order chi connectivity index (χ0) is 21.1. The highest BCUT2D eigenvalue weighted by atomic mass is 16.5. The second-order valence-corrected chi connectivity index (χ2v) is 6.14. The van der Waals surface area contributed by atoms with Gasteiger partial charge in [-0.25, -0.2) is 0 Å². The summed E-state index contributed by atoms with van der Waals surface area (Å²) in [7, 11) is 4.49. The topological polar surface area (TPSA) is 103 Å². The zero-order valence-electron chi connectivity index (χ0n) is 16.3. The first-order valence-electron chi connectivity index (χ1n) is 8.63. The van der Waals surface area contributed by atoms with Gasteiger partial charge in [0.1, 0.15) is 17.6 Å². The van der Waals surface area contributed by atoms with Gasteiger partial charge in [0, 0.05) is 6.07 Å². The van der Waals surface area contributed by atoms with Crippen LogP contribution in [0.1, 0.15) is 22.8 Å². The summed E-state index contributed by atoms with van der Waals surface area (Å²) in [5.74, 6) is 0.280. The highest BCUT2D eigenvalue weighted by molar-refractivity contribution is 6.14. The van der Waals surface area contributed by atoms with Gasteiger partial charge < -0.3 is 33.6 Å². The van der Waals surface area contributed by atoms with Crippen molar-refractivity contribution in [1.29, 1.82) is 0 Å². The van der Waals surface area contributed by atoms with Gasteiger partial charge in [0.25, 0.3) is 0 Å². The van der Waals surface area contributed by atoms with Gasteiger partial charge in [0.15, 0.2) is 17.3 Å². The summed E-state index contributed by atoms with van der Waals surface area (Å²) >= 11 is 0. The fourth-order valence-corrected chi connectivity index (χ4v) is 2.83. The summed E-state index contributed by atoms with van der Waals surface area (Å²) in [6, 6.07) is 7.85. The van der Waals surface area contributed by atoms with E-state index in [1.165, 1.54) is 46.5 Å². The lowest BCUT2D eigenvalue weighted by Gasteiger charge is -2.15. The first-order chi connectivity index (χ1) is 13.9. The smallest absolute Gasteiger partial charge is 0.231 e. The number of rotatable bonds is 7. The summed E-state index contributed by atoms with van der Waals surface area (Å²) in [6.07, 6.45) is 0.413. The minimum Gasteiger partial charge on any atom is -0.546 e. The van der Waals surface area contributed by atoms with Crippen molar-refractivity contribution in [2.75, 3.05) is 21.3 Å². The van der Waals surface area contributed by atoms with Crippen LogP contribution in [0.4, 0.5) is 0 Å². The molecule has 0 unspecified atom stereocenters. The number of benzene rings is 2. The quantitative estimate of drug-likeness (QED) is 0.650. The summed E-state index contributed by atoms with van der Waals surface area (Å²) in [4.78, 5) is 23.5. The molecule has 0 saturated heterocycles. The van der Waals surface area contributed by atoms with E-state index in [9.17, 15) is 14.7 Å². The van der Waals surface area contributed by atoms with Crippen molar-refractivity contribution < 1.29 is 38.4 Å². The number of ether oxygens (including phenoxy) is 5. The number of carboxylic acids is 1. The Labute approximate surface area is 167 Å². The molecular formula is C21H19O8-. The Kier molecular flexibility index (Phi) is 5.63. The van der Waals surface area contributed by atoms with Gasteiger partial charge in [0.05, 0.1) is 32.9 Å². The Bertz CT molecular complexity index is 967. The van der Waals surface area contributed by atoms with Crippen LogP contribution in [0, 0.1) is 0 Å². The Morgan fingerprint density at radius 3 is 2.28 bits per heavy atom. The molecule has 0 N–H and O–H groups in total. The third kappa shape index (κ3) is 3.96.